The molecule has 1 amide bonds. The van der Waals surface area contributed by atoms with Gasteiger partial charge >= 0.3 is 0 Å². The van der Waals surface area contributed by atoms with Gasteiger partial charge in [0.25, 0.3) is 0 Å². The maximum atomic E-state index is 12.7. The van der Waals surface area contributed by atoms with Crippen LogP contribution in [0.5, 0.6) is 0 Å². The Labute approximate surface area is 143 Å². The second-order valence-electron chi connectivity index (χ2n) is 6.45. The van der Waals surface area contributed by atoms with Crippen LogP contribution >= 0.6 is 0 Å². The van der Waals surface area contributed by atoms with Gasteiger partial charge in [0.15, 0.2) is 0 Å². The van der Waals surface area contributed by atoms with Gasteiger partial charge in [-0.25, -0.2) is 0 Å². The fraction of sp³-hybridized carbons (Fsp3) is 0.667. The molecule has 2 aliphatic rings. The summed E-state index contributed by atoms with van der Waals surface area (Å²) in [5, 5.41) is 1.92. The summed E-state index contributed by atoms with van der Waals surface area (Å²) in [6, 6.07) is 5.81. The highest BCUT2D eigenvalue weighted by atomic mass is 16.7. The molecule has 2 fully saturated rings. The van der Waals surface area contributed by atoms with Crippen molar-refractivity contribution in [2.24, 2.45) is 0 Å². The molecule has 2 saturated heterocycles. The van der Waals surface area contributed by atoms with Crippen molar-refractivity contribution in [3.8, 4) is 0 Å². The highest BCUT2D eigenvalue weighted by Crippen LogP contribution is 2.16. The molecule has 2 aliphatic heterocycles. The highest BCUT2D eigenvalue weighted by Gasteiger charge is 2.23. The van der Waals surface area contributed by atoms with E-state index >= 15 is 0 Å². The van der Waals surface area contributed by atoms with Gasteiger partial charge in [-0.1, -0.05) is 6.07 Å². The Hall–Kier alpha value is -1.50. The number of nitrogens with zero attached hydrogens (tertiary/aromatic N) is 3. The summed E-state index contributed by atoms with van der Waals surface area (Å²) in [7, 11) is 0. The monoisotopic (exact) mass is 333 g/mol. The Morgan fingerprint density at radius 3 is 2.96 bits per heavy atom. The van der Waals surface area contributed by atoms with E-state index in [1.54, 1.807) is 6.20 Å². The van der Waals surface area contributed by atoms with Crippen molar-refractivity contribution in [1.29, 1.82) is 0 Å². The molecule has 0 spiro atoms. The minimum atomic E-state index is 0.144. The molecule has 0 aliphatic carbocycles. The summed E-state index contributed by atoms with van der Waals surface area (Å²) >= 11 is 0. The molecule has 1 aromatic rings. The van der Waals surface area contributed by atoms with E-state index in [-0.39, 0.29) is 12.0 Å². The van der Waals surface area contributed by atoms with Crippen LogP contribution in [-0.2, 0) is 20.9 Å². The molecule has 6 heteroatoms. The molecule has 3 rings (SSSR count). The molecule has 132 valence electrons. The molecule has 0 saturated carbocycles. The third-order valence-electron chi connectivity index (χ3n) is 4.53. The first-order valence-corrected chi connectivity index (χ1v) is 8.98. The lowest BCUT2D eigenvalue weighted by Gasteiger charge is -2.28. The third kappa shape index (κ3) is 5.26. The van der Waals surface area contributed by atoms with Gasteiger partial charge in [0.2, 0.25) is 5.91 Å². The smallest absolute Gasteiger partial charge is 0.224 e. The average molecular weight is 333 g/mol. The first-order valence-electron chi connectivity index (χ1n) is 8.98. The molecule has 24 heavy (non-hydrogen) atoms. The minimum absolute atomic E-state index is 0.144. The summed E-state index contributed by atoms with van der Waals surface area (Å²) < 4.78 is 5.72. The van der Waals surface area contributed by atoms with Crippen molar-refractivity contribution in [2.45, 2.75) is 44.8 Å². The van der Waals surface area contributed by atoms with E-state index in [0.717, 1.165) is 51.1 Å². The van der Waals surface area contributed by atoms with E-state index in [4.69, 9.17) is 9.57 Å². The summed E-state index contributed by atoms with van der Waals surface area (Å²) in [5.74, 6) is 0.144. The van der Waals surface area contributed by atoms with Crippen LogP contribution in [0.15, 0.2) is 24.4 Å². The molecular formula is C18H27N3O3. The highest BCUT2D eigenvalue weighted by molar-refractivity contribution is 5.76. The van der Waals surface area contributed by atoms with Crippen molar-refractivity contribution in [3.05, 3.63) is 30.1 Å². The van der Waals surface area contributed by atoms with Crippen LogP contribution in [0.4, 0.5) is 0 Å². The number of amides is 1. The van der Waals surface area contributed by atoms with Crippen LogP contribution in [0.3, 0.4) is 0 Å². The van der Waals surface area contributed by atoms with Crippen LogP contribution in [-0.4, -0.2) is 59.8 Å². The molecular weight excluding hydrogens is 306 g/mol. The molecule has 0 bridgehead atoms. The number of carbonyl (C=O) groups excluding carboxylic acids is 1. The van der Waals surface area contributed by atoms with Crippen molar-refractivity contribution in [3.63, 3.8) is 0 Å². The standard InChI is InChI=1S/C18H27N3O3/c22-18(8-11-21-10-3-4-13-24-21)20(15-17-7-5-12-23-17)14-16-6-1-2-9-19-16/h1-2,6,9,17H,3-5,7-8,10-15H2. The quantitative estimate of drug-likeness (QED) is 0.764. The molecule has 1 atom stereocenters. The van der Waals surface area contributed by atoms with Crippen molar-refractivity contribution in [2.75, 3.05) is 32.8 Å². The summed E-state index contributed by atoms with van der Waals surface area (Å²) in [4.78, 5) is 24.6. The van der Waals surface area contributed by atoms with Crippen LogP contribution in [0.25, 0.3) is 0 Å². The van der Waals surface area contributed by atoms with E-state index in [2.05, 4.69) is 4.98 Å². The van der Waals surface area contributed by atoms with E-state index in [1.807, 2.05) is 28.2 Å². The van der Waals surface area contributed by atoms with Crippen molar-refractivity contribution < 1.29 is 14.4 Å². The molecule has 3 heterocycles. The van der Waals surface area contributed by atoms with Gasteiger partial charge in [0, 0.05) is 38.9 Å². The summed E-state index contributed by atoms with van der Waals surface area (Å²) in [5.41, 5.74) is 0.915. The van der Waals surface area contributed by atoms with Gasteiger partial charge in [-0.05, 0) is 37.8 Å². The van der Waals surface area contributed by atoms with Crippen LogP contribution in [0.1, 0.15) is 37.8 Å². The minimum Gasteiger partial charge on any atom is -0.376 e. The summed E-state index contributed by atoms with van der Waals surface area (Å²) in [6.07, 6.45) is 6.75. The first-order chi connectivity index (χ1) is 11.8. The van der Waals surface area contributed by atoms with Gasteiger partial charge in [-0.15, -0.1) is 0 Å². The topological polar surface area (TPSA) is 54.9 Å². The lowest BCUT2D eigenvalue weighted by atomic mass is 10.2. The maximum absolute atomic E-state index is 12.7. The molecule has 0 radical (unpaired) electrons. The zero-order chi connectivity index (χ0) is 16.6. The van der Waals surface area contributed by atoms with Gasteiger partial charge in [0.05, 0.1) is 24.9 Å². The molecule has 6 nitrogen and oxygen atoms in total. The predicted octanol–water partition coefficient (Wildman–Crippen LogP) is 2.01. The fourth-order valence-electron chi connectivity index (χ4n) is 3.18. The van der Waals surface area contributed by atoms with Crippen LogP contribution in [0, 0.1) is 0 Å². The zero-order valence-electron chi connectivity index (χ0n) is 14.2. The number of ether oxygens (including phenoxy) is 1. The zero-order valence-corrected chi connectivity index (χ0v) is 14.2. The Balaban J connectivity index is 1.55. The van der Waals surface area contributed by atoms with Crippen molar-refractivity contribution in [1.82, 2.24) is 14.9 Å². The lowest BCUT2D eigenvalue weighted by Crippen LogP contribution is -2.39. The normalized spacial score (nSPS) is 21.8. The number of pyridine rings is 1. The summed E-state index contributed by atoms with van der Waals surface area (Å²) in [6.45, 7) is 4.33. The largest absolute Gasteiger partial charge is 0.376 e. The molecule has 0 aromatic carbocycles. The first kappa shape index (κ1) is 17.3. The van der Waals surface area contributed by atoms with E-state index in [9.17, 15) is 4.79 Å². The number of hydroxylamine groups is 2. The van der Waals surface area contributed by atoms with Gasteiger partial charge < -0.3 is 9.64 Å². The second kappa shape index (κ2) is 9.11. The molecule has 0 N–H and O–H groups in total. The molecule has 1 aromatic heterocycles. The Morgan fingerprint density at radius 2 is 2.25 bits per heavy atom. The van der Waals surface area contributed by atoms with E-state index < -0.39 is 0 Å². The number of aromatic nitrogens is 1. The van der Waals surface area contributed by atoms with Gasteiger partial charge in [-0.3, -0.25) is 14.6 Å². The number of hydrogen-bond donors (Lipinski definition) is 0. The van der Waals surface area contributed by atoms with Crippen LogP contribution < -0.4 is 0 Å². The van der Waals surface area contributed by atoms with Gasteiger partial charge in [-0.2, -0.15) is 5.06 Å². The predicted molar refractivity (Wildman–Crippen MR) is 90.0 cm³/mol. The maximum Gasteiger partial charge on any atom is 0.224 e. The SMILES string of the molecule is O=C(CCN1CCCCO1)N(Cc1ccccn1)CC1CCCO1. The number of rotatable bonds is 7. The van der Waals surface area contributed by atoms with Crippen LogP contribution in [0.2, 0.25) is 0 Å². The Bertz CT molecular complexity index is 499. The lowest BCUT2D eigenvalue weighted by molar-refractivity contribution is -0.182. The molecule has 1 unspecified atom stereocenters. The Kier molecular flexibility index (Phi) is 6.57. The Morgan fingerprint density at radius 1 is 1.29 bits per heavy atom. The number of carbonyl (C=O) groups is 1. The second-order valence-corrected chi connectivity index (χ2v) is 6.45. The third-order valence-corrected chi connectivity index (χ3v) is 4.53. The average Bonchev–Trinajstić information content (AvgIpc) is 3.14. The van der Waals surface area contributed by atoms with E-state index in [0.29, 0.717) is 26.1 Å². The fourth-order valence-corrected chi connectivity index (χ4v) is 3.18. The number of hydrogen-bond acceptors (Lipinski definition) is 5. The van der Waals surface area contributed by atoms with Gasteiger partial charge in [0.1, 0.15) is 0 Å². The van der Waals surface area contributed by atoms with Crippen molar-refractivity contribution >= 4 is 5.91 Å². The van der Waals surface area contributed by atoms with E-state index in [1.165, 1.54) is 0 Å².